The summed E-state index contributed by atoms with van der Waals surface area (Å²) in [4.78, 5) is 22.1. The summed E-state index contributed by atoms with van der Waals surface area (Å²) in [6.45, 7) is 0.474. The largest absolute Gasteiger partial charge is 0.481 e. The first-order chi connectivity index (χ1) is 9.66. The zero-order valence-corrected chi connectivity index (χ0v) is 11.0. The molecule has 2 N–H and O–H groups in total. The Hall–Kier alpha value is -2.37. The maximum atomic E-state index is 11.7. The quantitative estimate of drug-likeness (QED) is 0.751. The van der Waals surface area contributed by atoms with Crippen molar-refractivity contribution in [2.45, 2.75) is 25.7 Å². The first kappa shape index (κ1) is 14.0. The van der Waals surface area contributed by atoms with Gasteiger partial charge in [-0.15, -0.1) is 0 Å². The number of hydrogen-bond acceptors (Lipinski definition) is 4. The molecule has 0 saturated heterocycles. The summed E-state index contributed by atoms with van der Waals surface area (Å²) in [5, 5.41) is 16.0. The van der Waals surface area contributed by atoms with Crippen molar-refractivity contribution in [1.82, 2.24) is 10.5 Å². The number of benzene rings is 1. The number of carboxylic acids is 1. The number of aromatic nitrogens is 1. The van der Waals surface area contributed by atoms with Gasteiger partial charge in [0.1, 0.15) is 5.69 Å². The molecular formula is C14H16N2O4. The van der Waals surface area contributed by atoms with Crippen LogP contribution in [0.15, 0.2) is 28.8 Å². The van der Waals surface area contributed by atoms with Crippen molar-refractivity contribution >= 4 is 22.8 Å². The molecule has 0 radical (unpaired) electrons. The lowest BCUT2D eigenvalue weighted by Gasteiger charge is -2.03. The molecule has 0 fully saturated rings. The molecule has 0 saturated carbocycles. The second-order valence-corrected chi connectivity index (χ2v) is 4.50. The van der Waals surface area contributed by atoms with E-state index < -0.39 is 5.97 Å². The maximum absolute atomic E-state index is 11.7. The van der Waals surface area contributed by atoms with E-state index in [1.807, 2.05) is 18.2 Å². The van der Waals surface area contributed by atoms with E-state index in [2.05, 4.69) is 10.5 Å². The summed E-state index contributed by atoms with van der Waals surface area (Å²) in [5.74, 6) is -0.954. The predicted molar refractivity (Wildman–Crippen MR) is 72.2 cm³/mol. The summed E-state index contributed by atoms with van der Waals surface area (Å²) < 4.78 is 5.12. The lowest BCUT2D eigenvalue weighted by Crippen LogP contribution is -2.26. The number of fused-ring (bicyclic) bond motifs is 1. The number of aliphatic carboxylic acids is 1. The van der Waals surface area contributed by atoms with Crippen LogP contribution in [-0.4, -0.2) is 28.7 Å². The van der Waals surface area contributed by atoms with Gasteiger partial charge in [-0.25, -0.2) is 0 Å². The molecule has 0 atom stereocenters. The Balaban J connectivity index is 1.78. The van der Waals surface area contributed by atoms with Crippen molar-refractivity contribution in [3.63, 3.8) is 0 Å². The van der Waals surface area contributed by atoms with Crippen LogP contribution in [0.5, 0.6) is 0 Å². The van der Waals surface area contributed by atoms with Crippen molar-refractivity contribution in [3.8, 4) is 0 Å². The molecule has 0 unspecified atom stereocenters. The highest BCUT2D eigenvalue weighted by Gasteiger charge is 2.11. The van der Waals surface area contributed by atoms with E-state index in [0.717, 1.165) is 5.39 Å². The molecule has 0 aliphatic rings. The highest BCUT2D eigenvalue weighted by Crippen LogP contribution is 2.17. The molecular weight excluding hydrogens is 260 g/mol. The maximum Gasteiger partial charge on any atom is 0.303 e. The van der Waals surface area contributed by atoms with Gasteiger partial charge in [-0.3, -0.25) is 9.59 Å². The summed E-state index contributed by atoms with van der Waals surface area (Å²) >= 11 is 0. The Labute approximate surface area is 115 Å². The van der Waals surface area contributed by atoms with Crippen LogP contribution in [0.3, 0.4) is 0 Å². The molecule has 2 rings (SSSR count). The number of unbranched alkanes of at least 4 members (excludes halogenated alkanes) is 1. The topological polar surface area (TPSA) is 92.4 Å². The molecule has 6 nitrogen and oxygen atoms in total. The molecule has 1 amide bonds. The summed E-state index contributed by atoms with van der Waals surface area (Å²) in [7, 11) is 0. The number of para-hydroxylation sites is 1. The van der Waals surface area contributed by atoms with Gasteiger partial charge in [0.2, 0.25) is 5.91 Å². The van der Waals surface area contributed by atoms with Crippen LogP contribution in [0.2, 0.25) is 0 Å². The van der Waals surface area contributed by atoms with Gasteiger partial charge in [0, 0.05) is 18.4 Å². The molecule has 0 aliphatic heterocycles. The number of amides is 1. The van der Waals surface area contributed by atoms with Gasteiger partial charge in [0.25, 0.3) is 0 Å². The summed E-state index contributed by atoms with van der Waals surface area (Å²) in [6.07, 6.45) is 1.50. The van der Waals surface area contributed by atoms with Crippen molar-refractivity contribution in [2.24, 2.45) is 0 Å². The number of carbonyl (C=O) groups excluding carboxylic acids is 1. The molecule has 6 heteroatoms. The van der Waals surface area contributed by atoms with Gasteiger partial charge in [-0.2, -0.15) is 0 Å². The molecule has 1 aromatic heterocycles. The Morgan fingerprint density at radius 2 is 2.05 bits per heavy atom. The zero-order valence-electron chi connectivity index (χ0n) is 11.0. The van der Waals surface area contributed by atoms with Crippen LogP contribution < -0.4 is 5.32 Å². The third-order valence-electron chi connectivity index (χ3n) is 2.92. The van der Waals surface area contributed by atoms with E-state index in [1.54, 1.807) is 6.07 Å². The fourth-order valence-corrected chi connectivity index (χ4v) is 1.91. The van der Waals surface area contributed by atoms with Crippen LogP contribution >= 0.6 is 0 Å². The van der Waals surface area contributed by atoms with Gasteiger partial charge in [0.05, 0.1) is 6.42 Å². The lowest BCUT2D eigenvalue weighted by molar-refractivity contribution is -0.137. The van der Waals surface area contributed by atoms with Crippen molar-refractivity contribution in [1.29, 1.82) is 0 Å². The summed E-state index contributed by atoms with van der Waals surface area (Å²) in [6, 6.07) is 7.38. The second-order valence-electron chi connectivity index (χ2n) is 4.50. The first-order valence-corrected chi connectivity index (χ1v) is 6.48. The fourth-order valence-electron chi connectivity index (χ4n) is 1.91. The van der Waals surface area contributed by atoms with Gasteiger partial charge in [-0.05, 0) is 25.0 Å². The third-order valence-corrected chi connectivity index (χ3v) is 2.92. The van der Waals surface area contributed by atoms with Gasteiger partial charge >= 0.3 is 5.97 Å². The van der Waals surface area contributed by atoms with Crippen LogP contribution in [0, 0.1) is 0 Å². The number of carboxylic acid groups (broad SMARTS) is 1. The number of nitrogens with one attached hydrogen (secondary N) is 1. The summed E-state index contributed by atoms with van der Waals surface area (Å²) in [5.41, 5.74) is 1.28. The van der Waals surface area contributed by atoms with E-state index in [9.17, 15) is 9.59 Å². The van der Waals surface area contributed by atoms with E-state index in [-0.39, 0.29) is 18.7 Å². The van der Waals surface area contributed by atoms with E-state index in [1.165, 1.54) is 0 Å². The number of nitrogens with zero attached hydrogens (tertiary/aromatic N) is 1. The monoisotopic (exact) mass is 276 g/mol. The van der Waals surface area contributed by atoms with Crippen LogP contribution in [-0.2, 0) is 16.0 Å². The van der Waals surface area contributed by atoms with Crippen LogP contribution in [0.25, 0.3) is 11.0 Å². The highest BCUT2D eigenvalue weighted by molar-refractivity contribution is 5.86. The predicted octanol–water partition coefficient (Wildman–Crippen LogP) is 1.74. The number of carbonyl (C=O) groups is 2. The standard InChI is InChI=1S/C14H16N2O4/c17-13(15-8-4-3-7-14(18)19)9-11-10-5-1-2-6-12(10)20-16-11/h1-2,5-6H,3-4,7-9H2,(H,15,17)(H,18,19). The SMILES string of the molecule is O=C(O)CCCCNC(=O)Cc1noc2ccccc12. The van der Waals surface area contributed by atoms with E-state index in [0.29, 0.717) is 30.7 Å². The molecule has 20 heavy (non-hydrogen) atoms. The van der Waals surface area contributed by atoms with E-state index >= 15 is 0 Å². The van der Waals surface area contributed by atoms with Crippen LogP contribution in [0.1, 0.15) is 25.0 Å². The minimum Gasteiger partial charge on any atom is -0.481 e. The van der Waals surface area contributed by atoms with Crippen molar-refractivity contribution < 1.29 is 19.2 Å². The normalized spacial score (nSPS) is 10.6. The minimum atomic E-state index is -0.814. The molecule has 0 bridgehead atoms. The number of rotatable bonds is 7. The second kappa shape index (κ2) is 6.70. The van der Waals surface area contributed by atoms with Crippen molar-refractivity contribution in [2.75, 3.05) is 6.54 Å². The van der Waals surface area contributed by atoms with Gasteiger partial charge in [-0.1, -0.05) is 17.3 Å². The average Bonchev–Trinajstić information content (AvgIpc) is 2.81. The Morgan fingerprint density at radius 1 is 1.25 bits per heavy atom. The molecule has 0 spiro atoms. The molecule has 106 valence electrons. The first-order valence-electron chi connectivity index (χ1n) is 6.48. The number of hydrogen-bond donors (Lipinski definition) is 2. The highest BCUT2D eigenvalue weighted by atomic mass is 16.5. The van der Waals surface area contributed by atoms with Crippen molar-refractivity contribution in [3.05, 3.63) is 30.0 Å². The fraction of sp³-hybridized carbons (Fsp3) is 0.357. The zero-order chi connectivity index (χ0) is 14.4. The third kappa shape index (κ3) is 3.81. The molecule has 1 aromatic carbocycles. The average molecular weight is 276 g/mol. The van der Waals surface area contributed by atoms with E-state index in [4.69, 9.17) is 9.63 Å². The Bertz CT molecular complexity index is 606. The molecule has 0 aliphatic carbocycles. The lowest BCUT2D eigenvalue weighted by atomic mass is 10.1. The van der Waals surface area contributed by atoms with Gasteiger partial charge < -0.3 is 14.9 Å². The minimum absolute atomic E-state index is 0.129. The molecule has 1 heterocycles. The van der Waals surface area contributed by atoms with Crippen LogP contribution in [0.4, 0.5) is 0 Å². The smallest absolute Gasteiger partial charge is 0.303 e. The van der Waals surface area contributed by atoms with Gasteiger partial charge in [0.15, 0.2) is 5.58 Å². The Kier molecular flexibility index (Phi) is 4.70. The Morgan fingerprint density at radius 3 is 2.85 bits per heavy atom. The molecule has 2 aromatic rings.